The van der Waals surface area contributed by atoms with E-state index in [-0.39, 0.29) is 0 Å². The number of rotatable bonds is 5. The molecular formula is C13H19NO2. The zero-order valence-corrected chi connectivity index (χ0v) is 10.0. The van der Waals surface area contributed by atoms with E-state index < -0.39 is 0 Å². The number of benzene rings is 1. The monoisotopic (exact) mass is 221 g/mol. The molecule has 0 saturated heterocycles. The van der Waals surface area contributed by atoms with Crippen LogP contribution < -0.4 is 9.47 Å². The summed E-state index contributed by atoms with van der Waals surface area (Å²) in [6, 6.07) is 6.17. The van der Waals surface area contributed by atoms with Gasteiger partial charge < -0.3 is 14.4 Å². The van der Waals surface area contributed by atoms with Crippen LogP contribution in [0.4, 0.5) is 0 Å². The minimum absolute atomic E-state index is 0.352. The van der Waals surface area contributed by atoms with Crippen molar-refractivity contribution in [2.24, 2.45) is 0 Å². The molecule has 1 aliphatic heterocycles. The summed E-state index contributed by atoms with van der Waals surface area (Å²) in [6.45, 7) is 4.68. The molecule has 16 heavy (non-hydrogen) atoms. The van der Waals surface area contributed by atoms with Crippen LogP contribution in [0.25, 0.3) is 0 Å². The van der Waals surface area contributed by atoms with E-state index in [4.69, 9.17) is 9.47 Å². The van der Waals surface area contributed by atoms with Gasteiger partial charge in [-0.25, -0.2) is 0 Å². The van der Waals surface area contributed by atoms with Gasteiger partial charge in [0, 0.05) is 6.54 Å². The average Bonchev–Trinajstić information content (AvgIpc) is 2.73. The molecule has 0 radical (unpaired) electrons. The zero-order chi connectivity index (χ0) is 11.4. The number of fused-ring (bicyclic) bond motifs is 1. The molecule has 0 spiro atoms. The van der Waals surface area contributed by atoms with Gasteiger partial charge in [-0.3, -0.25) is 0 Å². The molecule has 1 aliphatic rings. The van der Waals surface area contributed by atoms with Gasteiger partial charge in [0.25, 0.3) is 0 Å². The molecule has 0 N–H and O–H groups in total. The maximum Gasteiger partial charge on any atom is 0.231 e. The van der Waals surface area contributed by atoms with Crippen molar-refractivity contribution in [1.29, 1.82) is 0 Å². The van der Waals surface area contributed by atoms with E-state index in [0.29, 0.717) is 6.79 Å². The van der Waals surface area contributed by atoms with Crippen molar-refractivity contribution in [3.63, 3.8) is 0 Å². The largest absolute Gasteiger partial charge is 0.454 e. The molecule has 88 valence electrons. The van der Waals surface area contributed by atoms with Crippen molar-refractivity contribution < 1.29 is 9.47 Å². The molecule has 3 heteroatoms. The number of ether oxygens (including phenoxy) is 2. The van der Waals surface area contributed by atoms with Crippen LogP contribution in [-0.2, 0) is 6.54 Å². The van der Waals surface area contributed by atoms with E-state index in [1.807, 2.05) is 6.07 Å². The Morgan fingerprint density at radius 3 is 2.88 bits per heavy atom. The van der Waals surface area contributed by atoms with Gasteiger partial charge in [0.15, 0.2) is 11.5 Å². The zero-order valence-electron chi connectivity index (χ0n) is 10.0. The van der Waals surface area contributed by atoms with Crippen molar-refractivity contribution in [3.05, 3.63) is 23.8 Å². The van der Waals surface area contributed by atoms with Crippen LogP contribution in [0, 0.1) is 0 Å². The van der Waals surface area contributed by atoms with Crippen molar-refractivity contribution in [1.82, 2.24) is 4.90 Å². The molecule has 0 atom stereocenters. The highest BCUT2D eigenvalue weighted by atomic mass is 16.7. The van der Waals surface area contributed by atoms with Crippen molar-refractivity contribution >= 4 is 0 Å². The fourth-order valence-corrected chi connectivity index (χ4v) is 1.86. The Hall–Kier alpha value is -1.22. The lowest BCUT2D eigenvalue weighted by Crippen LogP contribution is -2.18. The molecule has 2 rings (SSSR count). The second-order valence-electron chi connectivity index (χ2n) is 4.28. The number of hydrogen-bond donors (Lipinski definition) is 0. The summed E-state index contributed by atoms with van der Waals surface area (Å²) in [5.41, 5.74) is 1.28. The fourth-order valence-electron chi connectivity index (χ4n) is 1.86. The number of unbranched alkanes of at least 4 members (excludes halogenated alkanes) is 1. The summed E-state index contributed by atoms with van der Waals surface area (Å²) < 4.78 is 10.6. The molecule has 1 aromatic carbocycles. The second-order valence-corrected chi connectivity index (χ2v) is 4.28. The highest BCUT2D eigenvalue weighted by Crippen LogP contribution is 2.32. The topological polar surface area (TPSA) is 21.7 Å². The first-order valence-corrected chi connectivity index (χ1v) is 5.86. The van der Waals surface area contributed by atoms with E-state index in [9.17, 15) is 0 Å². The highest BCUT2D eigenvalue weighted by molar-refractivity contribution is 5.44. The summed E-state index contributed by atoms with van der Waals surface area (Å²) in [7, 11) is 2.15. The predicted octanol–water partition coefficient (Wildman–Crippen LogP) is 2.65. The Morgan fingerprint density at radius 1 is 1.25 bits per heavy atom. The minimum Gasteiger partial charge on any atom is -0.454 e. The Balaban J connectivity index is 1.94. The third-order valence-electron chi connectivity index (χ3n) is 2.78. The first-order chi connectivity index (χ1) is 7.79. The van der Waals surface area contributed by atoms with E-state index in [0.717, 1.165) is 24.6 Å². The molecule has 0 bridgehead atoms. The summed E-state index contributed by atoms with van der Waals surface area (Å²) in [5, 5.41) is 0. The van der Waals surface area contributed by atoms with Gasteiger partial charge in [0.1, 0.15) is 0 Å². The van der Waals surface area contributed by atoms with Gasteiger partial charge in [-0.1, -0.05) is 19.4 Å². The van der Waals surface area contributed by atoms with Gasteiger partial charge >= 0.3 is 0 Å². The summed E-state index contributed by atoms with van der Waals surface area (Å²) in [4.78, 5) is 2.33. The van der Waals surface area contributed by atoms with Gasteiger partial charge in [0.2, 0.25) is 6.79 Å². The maximum absolute atomic E-state index is 5.36. The number of hydrogen-bond acceptors (Lipinski definition) is 3. The lowest BCUT2D eigenvalue weighted by Gasteiger charge is -2.16. The van der Waals surface area contributed by atoms with E-state index in [1.54, 1.807) is 0 Å². The van der Waals surface area contributed by atoms with Crippen molar-refractivity contribution in [3.8, 4) is 11.5 Å². The molecule has 1 heterocycles. The van der Waals surface area contributed by atoms with Crippen LogP contribution in [0.1, 0.15) is 25.3 Å². The van der Waals surface area contributed by atoms with Crippen LogP contribution in [0.5, 0.6) is 11.5 Å². The molecule has 1 aromatic rings. The average molecular weight is 221 g/mol. The Morgan fingerprint density at radius 2 is 2.06 bits per heavy atom. The minimum atomic E-state index is 0.352. The lowest BCUT2D eigenvalue weighted by atomic mass is 10.2. The Bertz CT molecular complexity index is 352. The molecule has 0 aliphatic carbocycles. The SMILES string of the molecule is CCCCN(C)Cc1ccc2c(c1)OCO2. The third-order valence-corrected chi connectivity index (χ3v) is 2.78. The van der Waals surface area contributed by atoms with Gasteiger partial charge in [-0.15, -0.1) is 0 Å². The van der Waals surface area contributed by atoms with Crippen molar-refractivity contribution in [2.45, 2.75) is 26.3 Å². The second kappa shape index (κ2) is 5.21. The molecule has 0 amide bonds. The lowest BCUT2D eigenvalue weighted by molar-refractivity contribution is 0.174. The number of nitrogens with zero attached hydrogens (tertiary/aromatic N) is 1. The third kappa shape index (κ3) is 2.67. The molecular weight excluding hydrogens is 202 g/mol. The van der Waals surface area contributed by atoms with Gasteiger partial charge in [0.05, 0.1) is 0 Å². The first-order valence-electron chi connectivity index (χ1n) is 5.86. The predicted molar refractivity (Wildman–Crippen MR) is 63.8 cm³/mol. The van der Waals surface area contributed by atoms with Crippen LogP contribution >= 0.6 is 0 Å². The Kier molecular flexibility index (Phi) is 3.67. The quantitative estimate of drug-likeness (QED) is 0.763. The molecule has 0 unspecified atom stereocenters. The van der Waals surface area contributed by atoms with Crippen LogP contribution in [0.2, 0.25) is 0 Å². The smallest absolute Gasteiger partial charge is 0.231 e. The fraction of sp³-hybridized carbons (Fsp3) is 0.538. The normalized spacial score (nSPS) is 13.4. The summed E-state index contributed by atoms with van der Waals surface area (Å²) in [5.74, 6) is 1.74. The molecule has 3 nitrogen and oxygen atoms in total. The van der Waals surface area contributed by atoms with Crippen LogP contribution in [0.15, 0.2) is 18.2 Å². The summed E-state index contributed by atoms with van der Waals surface area (Å²) in [6.07, 6.45) is 2.49. The standard InChI is InChI=1S/C13H19NO2/c1-3-4-7-14(2)9-11-5-6-12-13(8-11)16-10-15-12/h5-6,8H,3-4,7,9-10H2,1-2H3. The molecule has 0 saturated carbocycles. The first kappa shape index (κ1) is 11.3. The summed E-state index contributed by atoms with van der Waals surface area (Å²) >= 11 is 0. The van der Waals surface area contributed by atoms with Crippen molar-refractivity contribution in [2.75, 3.05) is 20.4 Å². The maximum atomic E-state index is 5.36. The molecule has 0 fully saturated rings. The molecule has 0 aromatic heterocycles. The van der Waals surface area contributed by atoms with Gasteiger partial charge in [-0.2, -0.15) is 0 Å². The van der Waals surface area contributed by atoms with E-state index >= 15 is 0 Å². The van der Waals surface area contributed by atoms with Gasteiger partial charge in [-0.05, 0) is 37.7 Å². The van der Waals surface area contributed by atoms with E-state index in [1.165, 1.54) is 18.4 Å². The van der Waals surface area contributed by atoms with E-state index in [2.05, 4.69) is 31.0 Å². The van der Waals surface area contributed by atoms with Crippen LogP contribution in [0.3, 0.4) is 0 Å². The highest BCUT2D eigenvalue weighted by Gasteiger charge is 2.13. The Labute approximate surface area is 97.0 Å². The van der Waals surface area contributed by atoms with Crippen LogP contribution in [-0.4, -0.2) is 25.3 Å².